The van der Waals surface area contributed by atoms with Crippen molar-refractivity contribution < 1.29 is 23.7 Å². The summed E-state index contributed by atoms with van der Waals surface area (Å²) < 4.78 is 21.7. The van der Waals surface area contributed by atoms with Crippen LogP contribution in [0.5, 0.6) is 17.2 Å². The zero-order chi connectivity index (χ0) is 23.2. The van der Waals surface area contributed by atoms with Crippen LogP contribution in [0.25, 0.3) is 0 Å². The first kappa shape index (κ1) is 22.9. The number of aromatic nitrogens is 2. The van der Waals surface area contributed by atoms with E-state index >= 15 is 0 Å². The Labute approximate surface area is 193 Å². The fourth-order valence-electron chi connectivity index (χ4n) is 4.14. The zero-order valence-electron chi connectivity index (χ0n) is 19.4. The van der Waals surface area contributed by atoms with E-state index in [1.54, 1.807) is 12.1 Å². The van der Waals surface area contributed by atoms with Gasteiger partial charge in [-0.2, -0.15) is 0 Å². The highest BCUT2D eigenvalue weighted by Gasteiger charge is 2.25. The standard InChI is InChI=1S/C23H31N5O5/c1-30-18-13-16(14-19(31-2)22(18)32-3)23(29)28-10-8-27(9-11-28)21-7-6-20(25-26-21)24-15-17-5-4-12-33-17/h6-7,13-14,17H,4-5,8-12,15H2,1-3H3,(H,24,25)/t17-/m0/s1. The zero-order valence-corrected chi connectivity index (χ0v) is 19.4. The highest BCUT2D eigenvalue weighted by molar-refractivity contribution is 5.95. The third-order valence-electron chi connectivity index (χ3n) is 5.99. The highest BCUT2D eigenvalue weighted by Crippen LogP contribution is 2.38. The number of methoxy groups -OCH3 is 3. The molecule has 0 unspecified atom stereocenters. The number of piperazine rings is 1. The first-order valence-corrected chi connectivity index (χ1v) is 11.2. The molecule has 1 N–H and O–H groups in total. The molecule has 178 valence electrons. The third kappa shape index (κ3) is 5.22. The maximum absolute atomic E-state index is 13.1. The van der Waals surface area contributed by atoms with E-state index in [1.165, 1.54) is 21.3 Å². The van der Waals surface area contributed by atoms with Gasteiger partial charge in [0, 0.05) is 44.9 Å². The van der Waals surface area contributed by atoms with E-state index in [4.69, 9.17) is 18.9 Å². The van der Waals surface area contributed by atoms with E-state index in [0.717, 1.165) is 37.6 Å². The van der Waals surface area contributed by atoms with Crippen LogP contribution in [0, 0.1) is 0 Å². The second kappa shape index (κ2) is 10.6. The molecule has 2 aromatic rings. The van der Waals surface area contributed by atoms with E-state index in [-0.39, 0.29) is 12.0 Å². The summed E-state index contributed by atoms with van der Waals surface area (Å²) in [5.41, 5.74) is 0.499. The molecule has 0 radical (unpaired) electrons. The minimum Gasteiger partial charge on any atom is -0.493 e. The molecule has 0 aliphatic carbocycles. The average Bonchev–Trinajstić information content (AvgIpc) is 3.40. The van der Waals surface area contributed by atoms with E-state index in [0.29, 0.717) is 49.0 Å². The van der Waals surface area contributed by atoms with Crippen molar-refractivity contribution >= 4 is 17.5 Å². The van der Waals surface area contributed by atoms with Crippen LogP contribution in [-0.2, 0) is 4.74 Å². The Morgan fingerprint density at radius 1 is 1.06 bits per heavy atom. The van der Waals surface area contributed by atoms with Crippen molar-refractivity contribution in [3.63, 3.8) is 0 Å². The van der Waals surface area contributed by atoms with Crippen molar-refractivity contribution in [2.24, 2.45) is 0 Å². The number of amides is 1. The molecule has 10 nitrogen and oxygen atoms in total. The van der Waals surface area contributed by atoms with E-state index in [1.807, 2.05) is 17.0 Å². The van der Waals surface area contributed by atoms with Gasteiger partial charge in [0.25, 0.3) is 5.91 Å². The first-order valence-electron chi connectivity index (χ1n) is 11.2. The van der Waals surface area contributed by atoms with Gasteiger partial charge >= 0.3 is 0 Å². The molecule has 0 spiro atoms. The maximum Gasteiger partial charge on any atom is 0.254 e. The summed E-state index contributed by atoms with van der Waals surface area (Å²) in [6, 6.07) is 7.26. The van der Waals surface area contributed by atoms with Gasteiger partial charge in [0.05, 0.1) is 27.4 Å². The van der Waals surface area contributed by atoms with Gasteiger partial charge in [-0.25, -0.2) is 0 Å². The Balaban J connectivity index is 1.34. The molecule has 1 atom stereocenters. The predicted octanol–water partition coefficient (Wildman–Crippen LogP) is 2.06. The Kier molecular flexibility index (Phi) is 7.33. The summed E-state index contributed by atoms with van der Waals surface area (Å²) in [5.74, 6) is 2.86. The van der Waals surface area contributed by atoms with Crippen LogP contribution in [0.1, 0.15) is 23.2 Å². The van der Waals surface area contributed by atoms with Crippen molar-refractivity contribution in [2.75, 3.05) is 70.9 Å². The molecule has 4 rings (SSSR count). The Hall–Kier alpha value is -3.27. The number of carbonyl (C=O) groups excluding carboxylic acids is 1. The molecule has 2 aliphatic rings. The van der Waals surface area contributed by atoms with Crippen molar-refractivity contribution in [3.05, 3.63) is 29.8 Å². The number of benzene rings is 1. The number of carbonyl (C=O) groups is 1. The fourth-order valence-corrected chi connectivity index (χ4v) is 4.14. The molecule has 1 aromatic heterocycles. The van der Waals surface area contributed by atoms with Gasteiger partial charge in [-0.3, -0.25) is 4.79 Å². The number of hydrogen-bond donors (Lipinski definition) is 1. The predicted molar refractivity (Wildman–Crippen MR) is 124 cm³/mol. The minimum absolute atomic E-state index is 0.0753. The Morgan fingerprint density at radius 3 is 2.33 bits per heavy atom. The van der Waals surface area contributed by atoms with Crippen LogP contribution in [0.3, 0.4) is 0 Å². The van der Waals surface area contributed by atoms with Gasteiger partial charge in [0.1, 0.15) is 5.82 Å². The summed E-state index contributed by atoms with van der Waals surface area (Å²) in [4.78, 5) is 17.1. The minimum atomic E-state index is -0.0753. The van der Waals surface area contributed by atoms with Gasteiger partial charge in [-0.15, -0.1) is 10.2 Å². The molecule has 2 saturated heterocycles. The lowest BCUT2D eigenvalue weighted by Gasteiger charge is -2.35. The number of rotatable bonds is 8. The molecular weight excluding hydrogens is 426 g/mol. The van der Waals surface area contributed by atoms with E-state index < -0.39 is 0 Å². The van der Waals surface area contributed by atoms with Crippen LogP contribution >= 0.6 is 0 Å². The number of hydrogen-bond acceptors (Lipinski definition) is 9. The topological polar surface area (TPSA) is 98.3 Å². The van der Waals surface area contributed by atoms with Gasteiger partial charge in [-0.1, -0.05) is 0 Å². The molecule has 3 heterocycles. The van der Waals surface area contributed by atoms with Crippen LogP contribution in [-0.4, -0.2) is 87.8 Å². The second-order valence-electron chi connectivity index (χ2n) is 7.99. The summed E-state index contributed by atoms with van der Waals surface area (Å²) in [6.45, 7) is 4.09. The number of anilines is 2. The first-order chi connectivity index (χ1) is 16.1. The smallest absolute Gasteiger partial charge is 0.254 e. The Morgan fingerprint density at radius 2 is 1.79 bits per heavy atom. The van der Waals surface area contributed by atoms with Crippen LogP contribution in [0.2, 0.25) is 0 Å². The van der Waals surface area contributed by atoms with Gasteiger partial charge in [-0.05, 0) is 37.1 Å². The Bertz CT molecular complexity index is 916. The summed E-state index contributed by atoms with van der Waals surface area (Å²) in [5, 5.41) is 11.9. The van der Waals surface area contributed by atoms with Crippen LogP contribution in [0.4, 0.5) is 11.6 Å². The average molecular weight is 458 g/mol. The molecule has 1 amide bonds. The quantitative estimate of drug-likeness (QED) is 0.639. The normalized spacial score (nSPS) is 18.2. The lowest BCUT2D eigenvalue weighted by Crippen LogP contribution is -2.49. The molecule has 10 heteroatoms. The summed E-state index contributed by atoms with van der Waals surface area (Å²) >= 11 is 0. The van der Waals surface area contributed by atoms with Crippen molar-refractivity contribution in [3.8, 4) is 17.2 Å². The van der Waals surface area contributed by atoms with Crippen molar-refractivity contribution in [2.45, 2.75) is 18.9 Å². The fraction of sp³-hybridized carbons (Fsp3) is 0.522. The molecular formula is C23H31N5O5. The SMILES string of the molecule is COc1cc(C(=O)N2CCN(c3ccc(NC[C@@H]4CCCO4)nn3)CC2)cc(OC)c1OC. The molecule has 0 bridgehead atoms. The molecule has 2 fully saturated rings. The second-order valence-corrected chi connectivity index (χ2v) is 7.99. The molecule has 33 heavy (non-hydrogen) atoms. The maximum atomic E-state index is 13.1. The molecule has 0 saturated carbocycles. The number of ether oxygens (including phenoxy) is 4. The summed E-state index contributed by atoms with van der Waals surface area (Å²) in [7, 11) is 4.61. The van der Waals surface area contributed by atoms with E-state index in [9.17, 15) is 4.79 Å². The monoisotopic (exact) mass is 457 g/mol. The van der Waals surface area contributed by atoms with Crippen molar-refractivity contribution in [1.29, 1.82) is 0 Å². The lowest BCUT2D eigenvalue weighted by atomic mass is 10.1. The lowest BCUT2D eigenvalue weighted by molar-refractivity contribution is 0.0745. The van der Waals surface area contributed by atoms with E-state index in [2.05, 4.69) is 20.4 Å². The largest absolute Gasteiger partial charge is 0.493 e. The third-order valence-corrected chi connectivity index (χ3v) is 5.99. The van der Waals surface area contributed by atoms with Crippen LogP contribution in [0.15, 0.2) is 24.3 Å². The van der Waals surface area contributed by atoms with Crippen molar-refractivity contribution in [1.82, 2.24) is 15.1 Å². The van der Waals surface area contributed by atoms with Gasteiger partial charge < -0.3 is 34.1 Å². The van der Waals surface area contributed by atoms with Crippen LogP contribution < -0.4 is 24.4 Å². The molecule has 2 aliphatic heterocycles. The molecule has 1 aromatic carbocycles. The van der Waals surface area contributed by atoms with Gasteiger partial charge in [0.15, 0.2) is 17.3 Å². The number of nitrogens with one attached hydrogen (secondary N) is 1. The number of nitrogens with zero attached hydrogens (tertiary/aromatic N) is 4. The highest BCUT2D eigenvalue weighted by atomic mass is 16.5. The summed E-state index contributed by atoms with van der Waals surface area (Å²) in [6.07, 6.45) is 2.45. The van der Waals surface area contributed by atoms with Gasteiger partial charge in [0.2, 0.25) is 5.75 Å².